The highest BCUT2D eigenvalue weighted by Crippen LogP contribution is 2.34. The molecule has 8 nitrogen and oxygen atoms in total. The van der Waals surface area contributed by atoms with Gasteiger partial charge in [-0.1, -0.05) is 23.5 Å². The van der Waals surface area contributed by atoms with Crippen LogP contribution < -0.4 is 20.3 Å². The summed E-state index contributed by atoms with van der Waals surface area (Å²) in [5, 5.41) is 7.47. The summed E-state index contributed by atoms with van der Waals surface area (Å²) >= 11 is 1.48. The van der Waals surface area contributed by atoms with Crippen molar-refractivity contribution in [1.82, 2.24) is 10.3 Å². The van der Waals surface area contributed by atoms with E-state index in [1.165, 1.54) is 16.9 Å². The van der Waals surface area contributed by atoms with Crippen molar-refractivity contribution in [3.63, 3.8) is 0 Å². The summed E-state index contributed by atoms with van der Waals surface area (Å²) in [4.78, 5) is 32.1. The molecule has 2 N–H and O–H groups in total. The van der Waals surface area contributed by atoms with E-state index in [0.29, 0.717) is 31.8 Å². The minimum Gasteiger partial charge on any atom is -0.426 e. The zero-order chi connectivity index (χ0) is 25.6. The molecule has 0 radical (unpaired) electrons. The van der Waals surface area contributed by atoms with Crippen molar-refractivity contribution in [2.24, 2.45) is 0 Å². The van der Waals surface area contributed by atoms with Gasteiger partial charge in [0.25, 0.3) is 5.91 Å². The topological polar surface area (TPSA) is 92.8 Å². The molecule has 4 heterocycles. The number of thiazole rings is 1. The minimum atomic E-state index is -0.282. The van der Waals surface area contributed by atoms with Crippen LogP contribution in [0.3, 0.4) is 0 Å². The fourth-order valence-electron chi connectivity index (χ4n) is 5.24. The fourth-order valence-corrected chi connectivity index (χ4v) is 6.31. The lowest BCUT2D eigenvalue weighted by Crippen LogP contribution is -2.48. The van der Waals surface area contributed by atoms with Crippen molar-refractivity contribution < 1.29 is 19.1 Å². The first-order valence-electron chi connectivity index (χ1n) is 12.7. The molecule has 0 spiro atoms. The van der Waals surface area contributed by atoms with E-state index >= 15 is 0 Å². The summed E-state index contributed by atoms with van der Waals surface area (Å²) in [7, 11) is 0. The van der Waals surface area contributed by atoms with Crippen LogP contribution in [0.1, 0.15) is 46.8 Å². The summed E-state index contributed by atoms with van der Waals surface area (Å²) in [6, 6.07) is 14.4. The van der Waals surface area contributed by atoms with Gasteiger partial charge in [-0.25, -0.2) is 4.98 Å². The molecule has 6 rings (SSSR count). The van der Waals surface area contributed by atoms with E-state index in [2.05, 4.69) is 33.7 Å². The van der Waals surface area contributed by atoms with Crippen LogP contribution in [0.5, 0.6) is 5.75 Å². The summed E-state index contributed by atoms with van der Waals surface area (Å²) in [5.41, 5.74) is 4.81. The van der Waals surface area contributed by atoms with Gasteiger partial charge >= 0.3 is 5.97 Å². The Hall–Kier alpha value is -3.43. The van der Waals surface area contributed by atoms with Gasteiger partial charge in [0.15, 0.2) is 5.13 Å². The van der Waals surface area contributed by atoms with Crippen LogP contribution >= 0.6 is 11.3 Å². The van der Waals surface area contributed by atoms with Crippen molar-refractivity contribution in [3.05, 3.63) is 64.2 Å². The summed E-state index contributed by atoms with van der Waals surface area (Å²) in [6.45, 7) is 6.07. The molecule has 1 atom stereocenters. The van der Waals surface area contributed by atoms with Crippen LogP contribution in [-0.4, -0.2) is 48.2 Å². The maximum atomic E-state index is 12.6. The Balaban J connectivity index is 1.18. The first-order chi connectivity index (χ1) is 17.8. The highest BCUT2D eigenvalue weighted by molar-refractivity contribution is 7.17. The summed E-state index contributed by atoms with van der Waals surface area (Å²) < 4.78 is 11.2. The second kappa shape index (κ2) is 9.46. The number of aryl methyl sites for hydroxylation is 1. The molecule has 0 bridgehead atoms. The molecular weight excluding hydrogens is 488 g/mol. The van der Waals surface area contributed by atoms with Crippen LogP contribution in [0.2, 0.25) is 0 Å². The number of anilines is 3. The molecular formula is C28H30N4O4S. The molecule has 1 unspecified atom stereocenters. The normalized spacial score (nSPS) is 20.5. The first kappa shape index (κ1) is 23.9. The molecule has 1 saturated heterocycles. The van der Waals surface area contributed by atoms with Gasteiger partial charge in [0.05, 0.1) is 31.4 Å². The van der Waals surface area contributed by atoms with Gasteiger partial charge in [-0.15, -0.1) is 0 Å². The predicted molar refractivity (Wildman–Crippen MR) is 143 cm³/mol. The van der Waals surface area contributed by atoms with Crippen molar-refractivity contribution in [3.8, 4) is 5.75 Å². The first-order valence-corrected chi connectivity index (χ1v) is 13.5. The van der Waals surface area contributed by atoms with Crippen molar-refractivity contribution in [2.75, 3.05) is 30.0 Å². The number of amides is 1. The lowest BCUT2D eigenvalue weighted by molar-refractivity contribution is -0.135. The molecule has 192 valence electrons. The Labute approximate surface area is 220 Å². The zero-order valence-electron chi connectivity index (χ0n) is 21.0. The molecule has 1 amide bonds. The van der Waals surface area contributed by atoms with E-state index in [9.17, 15) is 9.59 Å². The number of benzene rings is 2. The second-order valence-electron chi connectivity index (χ2n) is 10.5. The molecule has 3 aliphatic rings. The van der Waals surface area contributed by atoms with Gasteiger partial charge in [0.2, 0.25) is 0 Å². The monoisotopic (exact) mass is 518 g/mol. The molecule has 0 aliphatic carbocycles. The van der Waals surface area contributed by atoms with Gasteiger partial charge in [-0.3, -0.25) is 9.59 Å². The highest BCUT2D eigenvalue weighted by Gasteiger charge is 2.35. The number of nitrogens with zero attached hydrogens (tertiary/aromatic N) is 2. The predicted octanol–water partition coefficient (Wildman–Crippen LogP) is 4.25. The number of carbonyl (C=O) groups is 2. The zero-order valence-corrected chi connectivity index (χ0v) is 21.8. The molecule has 9 heteroatoms. The number of carbonyl (C=O) groups excluding carboxylic acids is 2. The molecule has 1 fully saturated rings. The van der Waals surface area contributed by atoms with E-state index in [1.807, 2.05) is 38.1 Å². The van der Waals surface area contributed by atoms with E-state index in [1.54, 1.807) is 0 Å². The van der Waals surface area contributed by atoms with Crippen molar-refractivity contribution in [1.29, 1.82) is 0 Å². The van der Waals surface area contributed by atoms with Crippen LogP contribution in [0.15, 0.2) is 42.5 Å². The Bertz CT molecular complexity index is 1370. The maximum Gasteiger partial charge on any atom is 0.311 e. The molecule has 2 aromatic carbocycles. The van der Waals surface area contributed by atoms with Gasteiger partial charge in [0, 0.05) is 29.9 Å². The quantitative estimate of drug-likeness (QED) is 0.385. The highest BCUT2D eigenvalue weighted by atomic mass is 32.1. The molecule has 3 aromatic rings. The number of rotatable bonds is 5. The van der Waals surface area contributed by atoms with Crippen LogP contribution in [0, 0.1) is 0 Å². The SMILES string of the molecule is CC1(C)Cc2nc(N3CCOCC3Cc3cccc(Nc4ccc5c(c4)CCC(=O)O5)c3)sc2C(=O)N1. The lowest BCUT2D eigenvalue weighted by Gasteiger charge is -2.35. The number of ether oxygens (including phenoxy) is 2. The van der Waals surface area contributed by atoms with Crippen molar-refractivity contribution in [2.45, 2.75) is 51.1 Å². The number of esters is 1. The molecule has 1 aromatic heterocycles. The molecule has 37 heavy (non-hydrogen) atoms. The van der Waals surface area contributed by atoms with Gasteiger partial charge in [0.1, 0.15) is 10.6 Å². The Morgan fingerprint density at radius 2 is 2.03 bits per heavy atom. The number of morpholine rings is 1. The van der Waals surface area contributed by atoms with Gasteiger partial charge in [-0.05, 0) is 68.1 Å². The van der Waals surface area contributed by atoms with Crippen LogP contribution in [-0.2, 0) is 28.8 Å². The van der Waals surface area contributed by atoms with E-state index in [0.717, 1.165) is 52.0 Å². The third kappa shape index (κ3) is 5.06. The van der Waals surface area contributed by atoms with Crippen molar-refractivity contribution >= 4 is 39.7 Å². The van der Waals surface area contributed by atoms with Crippen LogP contribution in [0.4, 0.5) is 16.5 Å². The molecule has 3 aliphatic heterocycles. The number of hydrogen-bond acceptors (Lipinski definition) is 8. The third-order valence-corrected chi connectivity index (χ3v) is 8.13. The fraction of sp³-hybridized carbons (Fsp3) is 0.393. The standard InChI is InChI=1S/C28H30N4O4S/c1-28(2)15-22-25(26(34)31-28)37-27(30-22)32-10-11-35-16-21(32)13-17-4-3-5-19(12-17)29-20-7-8-23-18(14-20)6-9-24(33)36-23/h3-5,7-8,12,14,21,29H,6,9-11,13,15-16H2,1-2H3,(H,31,34). The number of nitrogens with one attached hydrogen (secondary N) is 2. The average Bonchev–Trinajstić information content (AvgIpc) is 3.28. The van der Waals surface area contributed by atoms with E-state index < -0.39 is 0 Å². The van der Waals surface area contributed by atoms with Gasteiger partial charge < -0.3 is 25.0 Å². The Kier molecular flexibility index (Phi) is 6.12. The van der Waals surface area contributed by atoms with Crippen LogP contribution in [0.25, 0.3) is 0 Å². The number of hydrogen-bond donors (Lipinski definition) is 2. The second-order valence-corrected chi connectivity index (χ2v) is 11.5. The Morgan fingerprint density at radius 1 is 1.16 bits per heavy atom. The average molecular weight is 519 g/mol. The summed E-state index contributed by atoms with van der Waals surface area (Å²) in [5.74, 6) is 0.448. The number of aromatic nitrogens is 1. The van der Waals surface area contributed by atoms with Gasteiger partial charge in [-0.2, -0.15) is 0 Å². The molecule has 0 saturated carbocycles. The number of fused-ring (bicyclic) bond motifs is 2. The largest absolute Gasteiger partial charge is 0.426 e. The Morgan fingerprint density at radius 3 is 2.92 bits per heavy atom. The summed E-state index contributed by atoms with van der Waals surface area (Å²) in [6.07, 6.45) is 2.65. The van der Waals surface area contributed by atoms with E-state index in [4.69, 9.17) is 14.5 Å². The van der Waals surface area contributed by atoms with E-state index in [-0.39, 0.29) is 23.5 Å². The third-order valence-electron chi connectivity index (χ3n) is 7.00. The smallest absolute Gasteiger partial charge is 0.311 e. The lowest BCUT2D eigenvalue weighted by atomic mass is 9.94. The minimum absolute atomic E-state index is 0.0288. The maximum absolute atomic E-state index is 12.6.